The molecule has 0 spiro atoms. The number of ether oxygens (including phenoxy) is 1. The van der Waals surface area contributed by atoms with E-state index >= 15 is 0 Å². The number of unbranched alkanes of at least 4 members (excludes halogenated alkanes) is 5. The molecule has 0 bridgehead atoms. The van der Waals surface area contributed by atoms with E-state index in [4.69, 9.17) is 27.9 Å². The first-order valence-electron chi connectivity index (χ1n) is 10.1. The van der Waals surface area contributed by atoms with Gasteiger partial charge in [-0.3, -0.25) is 4.79 Å². The summed E-state index contributed by atoms with van der Waals surface area (Å²) in [5.74, 6) is -0.289. The summed E-state index contributed by atoms with van der Waals surface area (Å²) in [5, 5.41) is 4.64. The van der Waals surface area contributed by atoms with E-state index in [-0.39, 0.29) is 16.5 Å². The predicted molar refractivity (Wildman–Crippen MR) is 122 cm³/mol. The molecule has 0 saturated heterocycles. The molecule has 0 saturated carbocycles. The minimum atomic E-state index is -0.569. The number of nitrogens with zero attached hydrogens (tertiary/aromatic N) is 1. The molecule has 0 fully saturated rings. The molecule has 2 rings (SSSR count). The molecule has 0 atom stereocenters. The van der Waals surface area contributed by atoms with Crippen molar-refractivity contribution in [2.45, 2.75) is 51.9 Å². The van der Waals surface area contributed by atoms with Crippen LogP contribution in [-0.4, -0.2) is 18.1 Å². The Morgan fingerprint density at radius 1 is 1.00 bits per heavy atom. The number of carbonyl (C=O) groups is 2. The molecule has 2 aromatic carbocycles. The van der Waals surface area contributed by atoms with Crippen molar-refractivity contribution in [1.82, 2.24) is 5.43 Å². The maximum Gasteiger partial charge on any atom is 0.345 e. The molecule has 0 heterocycles. The molecular weight excluding hydrogens is 423 g/mol. The van der Waals surface area contributed by atoms with Crippen LogP contribution < -0.4 is 10.2 Å². The summed E-state index contributed by atoms with van der Waals surface area (Å²) < 4.78 is 5.32. The lowest BCUT2D eigenvalue weighted by Gasteiger charge is -2.06. The quantitative estimate of drug-likeness (QED) is 0.142. The molecule has 30 heavy (non-hydrogen) atoms. The van der Waals surface area contributed by atoms with Crippen LogP contribution in [0, 0.1) is 0 Å². The summed E-state index contributed by atoms with van der Waals surface area (Å²) in [5.41, 5.74) is 3.53. The lowest BCUT2D eigenvalue weighted by Crippen LogP contribution is -2.16. The zero-order valence-electron chi connectivity index (χ0n) is 17.0. The lowest BCUT2D eigenvalue weighted by atomic mass is 10.1. The fourth-order valence-corrected chi connectivity index (χ4v) is 3.23. The van der Waals surface area contributed by atoms with Crippen LogP contribution in [0.1, 0.15) is 67.8 Å². The van der Waals surface area contributed by atoms with E-state index in [2.05, 4.69) is 17.5 Å². The molecule has 0 aliphatic carbocycles. The van der Waals surface area contributed by atoms with Crippen LogP contribution in [0.3, 0.4) is 0 Å². The fraction of sp³-hybridized carbons (Fsp3) is 0.348. The van der Waals surface area contributed by atoms with Gasteiger partial charge in [-0.25, -0.2) is 10.2 Å². The predicted octanol–water partition coefficient (Wildman–Crippen LogP) is 6.41. The van der Waals surface area contributed by atoms with Crippen LogP contribution in [0.25, 0.3) is 0 Å². The number of carbonyl (C=O) groups excluding carboxylic acids is 2. The third-order valence-corrected chi connectivity index (χ3v) is 4.95. The summed E-state index contributed by atoms with van der Waals surface area (Å²) in [6.07, 6.45) is 8.84. The van der Waals surface area contributed by atoms with Gasteiger partial charge in [0.05, 0.1) is 16.8 Å². The number of benzene rings is 2. The highest BCUT2D eigenvalue weighted by atomic mass is 35.5. The van der Waals surface area contributed by atoms with Crippen molar-refractivity contribution in [3.8, 4) is 5.75 Å². The second-order valence-electron chi connectivity index (χ2n) is 6.89. The maximum absolute atomic E-state index is 12.2. The van der Waals surface area contributed by atoms with E-state index in [1.165, 1.54) is 37.8 Å². The van der Waals surface area contributed by atoms with Gasteiger partial charge in [-0.2, -0.15) is 5.10 Å². The third-order valence-electron chi connectivity index (χ3n) is 4.40. The Bertz CT molecular complexity index is 867. The molecule has 1 N–H and O–H groups in total. The summed E-state index contributed by atoms with van der Waals surface area (Å²) in [4.78, 5) is 24.0. The van der Waals surface area contributed by atoms with Crippen molar-refractivity contribution in [2.24, 2.45) is 5.10 Å². The van der Waals surface area contributed by atoms with E-state index in [1.807, 2.05) is 0 Å². The number of nitrogens with one attached hydrogen (secondary N) is 1. The Morgan fingerprint density at radius 3 is 2.40 bits per heavy atom. The average molecular weight is 449 g/mol. The molecule has 2 aromatic rings. The molecule has 0 unspecified atom stereocenters. The van der Waals surface area contributed by atoms with Crippen LogP contribution in [0.4, 0.5) is 0 Å². The highest BCUT2D eigenvalue weighted by Gasteiger charge is 2.13. The van der Waals surface area contributed by atoms with Gasteiger partial charge in [0.15, 0.2) is 0 Å². The van der Waals surface area contributed by atoms with Crippen LogP contribution in [0.5, 0.6) is 5.75 Å². The van der Waals surface area contributed by atoms with Gasteiger partial charge in [-0.05, 0) is 54.4 Å². The first-order chi connectivity index (χ1) is 14.5. The number of hydrogen-bond acceptors (Lipinski definition) is 4. The van der Waals surface area contributed by atoms with Crippen molar-refractivity contribution >= 4 is 41.3 Å². The van der Waals surface area contributed by atoms with Crippen molar-refractivity contribution in [3.05, 3.63) is 63.6 Å². The Labute approximate surface area is 187 Å². The summed E-state index contributed by atoms with van der Waals surface area (Å²) in [6.45, 7) is 2.18. The van der Waals surface area contributed by atoms with Crippen molar-refractivity contribution in [1.29, 1.82) is 0 Å². The average Bonchev–Trinajstić information content (AvgIpc) is 2.72. The number of rotatable bonds is 11. The Balaban J connectivity index is 1.76. The second-order valence-corrected chi connectivity index (χ2v) is 7.74. The summed E-state index contributed by atoms with van der Waals surface area (Å²) in [6, 6.07) is 11.3. The van der Waals surface area contributed by atoms with Crippen molar-refractivity contribution in [2.75, 3.05) is 0 Å². The Morgan fingerprint density at radius 2 is 1.70 bits per heavy atom. The number of amides is 1. The minimum absolute atomic E-state index is 0.0906. The molecular formula is C23H26Cl2N2O3. The highest BCUT2D eigenvalue weighted by Crippen LogP contribution is 2.23. The first-order valence-corrected chi connectivity index (χ1v) is 10.8. The molecule has 0 aromatic heterocycles. The smallest absolute Gasteiger partial charge is 0.345 e. The monoisotopic (exact) mass is 448 g/mol. The molecule has 0 aliphatic rings. The Kier molecular flexibility index (Phi) is 10.4. The zero-order valence-corrected chi connectivity index (χ0v) is 18.5. The Hall–Kier alpha value is -2.37. The van der Waals surface area contributed by atoms with Gasteiger partial charge >= 0.3 is 5.97 Å². The van der Waals surface area contributed by atoms with E-state index < -0.39 is 5.97 Å². The van der Waals surface area contributed by atoms with Gasteiger partial charge in [0.1, 0.15) is 5.75 Å². The molecule has 0 radical (unpaired) electrons. The van der Waals surface area contributed by atoms with E-state index in [0.29, 0.717) is 17.2 Å². The largest absolute Gasteiger partial charge is 0.423 e. The minimum Gasteiger partial charge on any atom is -0.423 e. The maximum atomic E-state index is 12.2. The van der Waals surface area contributed by atoms with E-state index in [0.717, 1.165) is 18.4 Å². The highest BCUT2D eigenvalue weighted by molar-refractivity contribution is 6.36. The summed E-state index contributed by atoms with van der Waals surface area (Å²) in [7, 11) is 0. The third kappa shape index (κ3) is 8.56. The molecule has 0 aliphatic heterocycles. The van der Waals surface area contributed by atoms with Crippen molar-refractivity contribution < 1.29 is 14.3 Å². The van der Waals surface area contributed by atoms with Crippen LogP contribution >= 0.6 is 23.2 Å². The molecule has 160 valence electrons. The van der Waals surface area contributed by atoms with Gasteiger partial charge in [0, 0.05) is 11.4 Å². The van der Waals surface area contributed by atoms with Gasteiger partial charge in [-0.15, -0.1) is 0 Å². The number of hydrazone groups is 1. The summed E-state index contributed by atoms with van der Waals surface area (Å²) >= 11 is 11.9. The van der Waals surface area contributed by atoms with Crippen LogP contribution in [0.15, 0.2) is 47.6 Å². The number of halogens is 2. The normalized spacial score (nSPS) is 10.9. The van der Waals surface area contributed by atoms with Crippen LogP contribution in [0.2, 0.25) is 10.0 Å². The van der Waals surface area contributed by atoms with Crippen LogP contribution in [-0.2, 0) is 4.79 Å². The molecule has 7 heteroatoms. The lowest BCUT2D eigenvalue weighted by molar-refractivity contribution is -0.121. The zero-order chi connectivity index (χ0) is 21.8. The number of hydrogen-bond donors (Lipinski definition) is 1. The second kappa shape index (κ2) is 13.0. The van der Waals surface area contributed by atoms with E-state index in [9.17, 15) is 9.59 Å². The van der Waals surface area contributed by atoms with Crippen molar-refractivity contribution in [3.63, 3.8) is 0 Å². The van der Waals surface area contributed by atoms with Gasteiger partial charge in [0.25, 0.3) is 0 Å². The SMILES string of the molecule is CCCCCCCCC(=O)N/N=C\c1ccc(OC(=O)c2ccc(Cl)cc2Cl)cc1. The van der Waals surface area contributed by atoms with Gasteiger partial charge in [0.2, 0.25) is 5.91 Å². The topological polar surface area (TPSA) is 67.8 Å². The first kappa shape index (κ1) is 23.9. The van der Waals surface area contributed by atoms with Gasteiger partial charge in [-0.1, -0.05) is 62.2 Å². The molecule has 1 amide bonds. The number of esters is 1. The molecule has 5 nitrogen and oxygen atoms in total. The van der Waals surface area contributed by atoms with E-state index in [1.54, 1.807) is 36.5 Å². The standard InChI is InChI=1S/C23H26Cl2N2O3/c1-2-3-4-5-6-7-8-22(28)27-26-16-17-9-12-19(13-10-17)30-23(29)20-14-11-18(24)15-21(20)25/h9-16H,2-8H2,1H3,(H,27,28)/b26-16-. The van der Waals surface area contributed by atoms with Gasteiger partial charge < -0.3 is 4.74 Å². The fourth-order valence-electron chi connectivity index (χ4n) is 2.74.